The molecule has 0 aliphatic heterocycles. The number of rotatable bonds is 8. The Bertz CT molecular complexity index is 177. The molecule has 0 fully saturated rings. The number of aliphatic hydroxyl groups is 1. The Morgan fingerprint density at radius 3 is 2.57 bits per heavy atom. The van der Waals surface area contributed by atoms with E-state index in [-0.39, 0.29) is 6.61 Å². The minimum absolute atomic E-state index is 0.172. The Labute approximate surface area is 88.9 Å². The minimum atomic E-state index is -1.07. The van der Waals surface area contributed by atoms with Crippen LogP contribution in [0.15, 0.2) is 0 Å². The van der Waals surface area contributed by atoms with E-state index in [1.807, 2.05) is 0 Å². The van der Waals surface area contributed by atoms with Gasteiger partial charge in [0.25, 0.3) is 0 Å². The van der Waals surface area contributed by atoms with Crippen molar-refractivity contribution in [2.45, 2.75) is 31.7 Å². The van der Waals surface area contributed by atoms with Crippen molar-refractivity contribution in [1.29, 1.82) is 0 Å². The lowest BCUT2D eigenvalue weighted by Crippen LogP contribution is -2.47. The van der Waals surface area contributed by atoms with Crippen molar-refractivity contribution in [3.63, 3.8) is 0 Å². The number of hydrogen-bond donors (Lipinski definition) is 3. The van der Waals surface area contributed by atoms with Crippen LogP contribution in [0.5, 0.6) is 0 Å². The average molecular weight is 221 g/mol. The molecular weight excluding hydrogens is 202 g/mol. The van der Waals surface area contributed by atoms with Crippen LogP contribution in [-0.2, 0) is 4.79 Å². The molecule has 0 aromatic heterocycles. The van der Waals surface area contributed by atoms with Crippen molar-refractivity contribution in [1.82, 2.24) is 0 Å². The highest BCUT2D eigenvalue weighted by Gasteiger charge is 2.30. The third kappa shape index (κ3) is 4.83. The highest BCUT2D eigenvalue weighted by molar-refractivity contribution is 7.99. The standard InChI is InChI=1S/C9H19NO3S/c1-2-9(10,8(12)13)4-3-6-14-7-5-11/h11H,2-7,10H2,1H3,(H,12,13). The number of aliphatic carboxylic acids is 1. The molecular formula is C9H19NO3S. The predicted octanol–water partition coefficient (Wildman–Crippen LogP) is 0.684. The summed E-state index contributed by atoms with van der Waals surface area (Å²) in [6.07, 6.45) is 1.73. The van der Waals surface area contributed by atoms with E-state index in [1.54, 1.807) is 18.7 Å². The molecule has 4 nitrogen and oxygen atoms in total. The van der Waals surface area contributed by atoms with Gasteiger partial charge in [0.2, 0.25) is 0 Å². The normalized spacial score (nSPS) is 15.1. The maximum absolute atomic E-state index is 10.8. The lowest BCUT2D eigenvalue weighted by atomic mass is 9.92. The van der Waals surface area contributed by atoms with E-state index in [1.165, 1.54) is 0 Å². The largest absolute Gasteiger partial charge is 0.480 e. The van der Waals surface area contributed by atoms with Gasteiger partial charge in [-0.3, -0.25) is 4.79 Å². The SMILES string of the molecule is CCC(N)(CCCSCCO)C(=O)O. The monoisotopic (exact) mass is 221 g/mol. The molecule has 0 amide bonds. The number of carbonyl (C=O) groups is 1. The molecule has 0 bridgehead atoms. The molecule has 0 saturated heterocycles. The fourth-order valence-electron chi connectivity index (χ4n) is 1.09. The van der Waals surface area contributed by atoms with E-state index in [4.69, 9.17) is 15.9 Å². The van der Waals surface area contributed by atoms with E-state index in [9.17, 15) is 4.79 Å². The molecule has 0 radical (unpaired) electrons. The van der Waals surface area contributed by atoms with Gasteiger partial charge in [0, 0.05) is 5.75 Å². The van der Waals surface area contributed by atoms with E-state index < -0.39 is 11.5 Å². The van der Waals surface area contributed by atoms with Gasteiger partial charge < -0.3 is 15.9 Å². The van der Waals surface area contributed by atoms with Gasteiger partial charge in [-0.15, -0.1) is 0 Å². The van der Waals surface area contributed by atoms with E-state index in [2.05, 4.69) is 0 Å². The van der Waals surface area contributed by atoms with Gasteiger partial charge in [-0.2, -0.15) is 11.8 Å². The highest BCUT2D eigenvalue weighted by atomic mass is 32.2. The smallest absolute Gasteiger partial charge is 0.323 e. The summed E-state index contributed by atoms with van der Waals surface area (Å²) in [5.74, 6) is 0.635. The zero-order valence-electron chi connectivity index (χ0n) is 8.53. The molecule has 14 heavy (non-hydrogen) atoms. The van der Waals surface area contributed by atoms with Crippen LogP contribution in [0.3, 0.4) is 0 Å². The molecule has 0 aliphatic carbocycles. The fourth-order valence-corrected chi connectivity index (χ4v) is 1.77. The van der Waals surface area contributed by atoms with Gasteiger partial charge >= 0.3 is 5.97 Å². The van der Waals surface area contributed by atoms with Crippen molar-refractivity contribution >= 4 is 17.7 Å². The number of hydrogen-bond acceptors (Lipinski definition) is 4. The first-order valence-corrected chi connectivity index (χ1v) is 5.93. The summed E-state index contributed by atoms with van der Waals surface area (Å²) in [5.41, 5.74) is 4.63. The van der Waals surface area contributed by atoms with Crippen molar-refractivity contribution < 1.29 is 15.0 Å². The highest BCUT2D eigenvalue weighted by Crippen LogP contribution is 2.16. The Kier molecular flexibility index (Phi) is 6.96. The molecule has 0 heterocycles. The number of nitrogens with two attached hydrogens (primary N) is 1. The van der Waals surface area contributed by atoms with Crippen LogP contribution in [-0.4, -0.2) is 39.8 Å². The van der Waals surface area contributed by atoms with Crippen LogP contribution in [0, 0.1) is 0 Å². The maximum atomic E-state index is 10.8. The van der Waals surface area contributed by atoms with Crippen molar-refractivity contribution in [2.24, 2.45) is 5.73 Å². The van der Waals surface area contributed by atoms with Crippen LogP contribution < -0.4 is 5.73 Å². The second kappa shape index (κ2) is 7.09. The first kappa shape index (κ1) is 13.7. The topological polar surface area (TPSA) is 83.5 Å². The summed E-state index contributed by atoms with van der Waals surface area (Å²) in [5, 5.41) is 17.4. The number of carboxylic acids is 1. The summed E-state index contributed by atoms with van der Waals surface area (Å²) in [4.78, 5) is 10.8. The third-order valence-electron chi connectivity index (χ3n) is 2.20. The molecule has 5 heteroatoms. The summed E-state index contributed by atoms with van der Waals surface area (Å²) in [6, 6.07) is 0. The van der Waals surface area contributed by atoms with E-state index >= 15 is 0 Å². The summed E-state index contributed by atoms with van der Waals surface area (Å²) in [7, 11) is 0. The molecule has 0 rings (SSSR count). The van der Waals surface area contributed by atoms with Gasteiger partial charge in [0.15, 0.2) is 0 Å². The first-order chi connectivity index (χ1) is 6.56. The molecule has 0 aliphatic rings. The molecule has 1 unspecified atom stereocenters. The second-order valence-electron chi connectivity index (χ2n) is 3.25. The first-order valence-electron chi connectivity index (χ1n) is 4.77. The predicted molar refractivity (Wildman–Crippen MR) is 58.5 cm³/mol. The lowest BCUT2D eigenvalue weighted by Gasteiger charge is -2.22. The number of thioether (sulfide) groups is 1. The molecule has 1 atom stereocenters. The van der Waals surface area contributed by atoms with Crippen LogP contribution in [0.25, 0.3) is 0 Å². The second-order valence-corrected chi connectivity index (χ2v) is 4.48. The lowest BCUT2D eigenvalue weighted by molar-refractivity contribution is -0.143. The fraction of sp³-hybridized carbons (Fsp3) is 0.889. The summed E-state index contributed by atoms with van der Waals surface area (Å²) in [6.45, 7) is 1.96. The quantitative estimate of drug-likeness (QED) is 0.525. The van der Waals surface area contributed by atoms with Gasteiger partial charge in [-0.25, -0.2) is 0 Å². The minimum Gasteiger partial charge on any atom is -0.480 e. The van der Waals surface area contributed by atoms with Crippen molar-refractivity contribution in [2.75, 3.05) is 18.1 Å². The van der Waals surface area contributed by atoms with Crippen molar-refractivity contribution in [3.05, 3.63) is 0 Å². The Morgan fingerprint density at radius 1 is 1.50 bits per heavy atom. The number of carboxylic acid groups (broad SMARTS) is 1. The Balaban J connectivity index is 3.68. The van der Waals surface area contributed by atoms with Crippen molar-refractivity contribution in [3.8, 4) is 0 Å². The zero-order chi connectivity index (χ0) is 11.0. The van der Waals surface area contributed by atoms with Gasteiger partial charge in [0.05, 0.1) is 6.61 Å². The van der Waals surface area contributed by atoms with Gasteiger partial charge in [-0.05, 0) is 25.0 Å². The van der Waals surface area contributed by atoms with E-state index in [0.29, 0.717) is 18.6 Å². The molecule has 0 aromatic carbocycles. The summed E-state index contributed by atoms with van der Waals surface area (Å²) < 4.78 is 0. The van der Waals surface area contributed by atoms with Crippen LogP contribution in [0.4, 0.5) is 0 Å². The maximum Gasteiger partial charge on any atom is 0.323 e. The molecule has 0 aromatic rings. The van der Waals surface area contributed by atoms with Crippen LogP contribution in [0.2, 0.25) is 0 Å². The van der Waals surface area contributed by atoms with Gasteiger partial charge in [-0.1, -0.05) is 6.92 Å². The molecule has 4 N–H and O–H groups in total. The average Bonchev–Trinajstić information content (AvgIpc) is 2.17. The Hall–Kier alpha value is -0.260. The third-order valence-corrected chi connectivity index (χ3v) is 3.25. The molecule has 84 valence electrons. The molecule has 0 saturated carbocycles. The number of aliphatic hydroxyl groups excluding tert-OH is 1. The van der Waals surface area contributed by atoms with Gasteiger partial charge in [0.1, 0.15) is 5.54 Å². The zero-order valence-corrected chi connectivity index (χ0v) is 9.35. The summed E-state index contributed by atoms with van der Waals surface area (Å²) >= 11 is 1.62. The van der Waals surface area contributed by atoms with E-state index in [0.717, 1.165) is 12.2 Å². The van der Waals surface area contributed by atoms with Crippen LogP contribution in [0.1, 0.15) is 26.2 Å². The van der Waals surface area contributed by atoms with Crippen LogP contribution >= 0.6 is 11.8 Å². The molecule has 0 spiro atoms. The Morgan fingerprint density at radius 2 is 2.14 bits per heavy atom.